The molecule has 0 radical (unpaired) electrons. The third-order valence-corrected chi connectivity index (χ3v) is 3.52. The van der Waals surface area contributed by atoms with E-state index < -0.39 is 11.7 Å². The molecule has 5 nitrogen and oxygen atoms in total. The Labute approximate surface area is 130 Å². The maximum atomic E-state index is 12.6. The molecule has 0 aliphatic heterocycles. The van der Waals surface area contributed by atoms with Gasteiger partial charge in [-0.25, -0.2) is 9.97 Å². The SMILES string of the molecule is C[C@@H](Nc1ncnc2nn(C)cc12)c1ccc(C(F)(F)F)cc1. The average Bonchev–Trinajstić information content (AvgIpc) is 2.88. The van der Waals surface area contributed by atoms with Crippen LogP contribution in [0.15, 0.2) is 36.8 Å². The van der Waals surface area contributed by atoms with Crippen LogP contribution in [0.25, 0.3) is 11.0 Å². The highest BCUT2D eigenvalue weighted by Crippen LogP contribution is 2.30. The molecule has 0 saturated heterocycles. The number of alkyl halides is 3. The van der Waals surface area contributed by atoms with Gasteiger partial charge in [0.25, 0.3) is 0 Å². The lowest BCUT2D eigenvalue weighted by molar-refractivity contribution is -0.137. The van der Waals surface area contributed by atoms with Crippen molar-refractivity contribution in [2.24, 2.45) is 7.05 Å². The fourth-order valence-corrected chi connectivity index (χ4v) is 2.31. The van der Waals surface area contributed by atoms with Crippen molar-refractivity contribution in [1.82, 2.24) is 19.7 Å². The first-order chi connectivity index (χ1) is 10.8. The number of hydrogen-bond acceptors (Lipinski definition) is 4. The number of aromatic nitrogens is 4. The Bertz CT molecular complexity index is 823. The lowest BCUT2D eigenvalue weighted by Gasteiger charge is -2.16. The fraction of sp³-hybridized carbons (Fsp3) is 0.267. The van der Waals surface area contributed by atoms with Crippen LogP contribution < -0.4 is 5.32 Å². The van der Waals surface area contributed by atoms with Gasteiger partial charge < -0.3 is 5.32 Å². The number of aryl methyl sites for hydroxylation is 1. The monoisotopic (exact) mass is 321 g/mol. The van der Waals surface area contributed by atoms with Crippen LogP contribution in [-0.2, 0) is 13.2 Å². The molecular formula is C15H14F3N5. The number of rotatable bonds is 3. The van der Waals surface area contributed by atoms with Crippen LogP contribution in [0, 0.1) is 0 Å². The van der Waals surface area contributed by atoms with E-state index in [0.29, 0.717) is 11.5 Å². The van der Waals surface area contributed by atoms with E-state index in [4.69, 9.17) is 0 Å². The molecule has 0 aliphatic carbocycles. The van der Waals surface area contributed by atoms with E-state index in [1.165, 1.54) is 18.5 Å². The lowest BCUT2D eigenvalue weighted by Crippen LogP contribution is -2.10. The van der Waals surface area contributed by atoms with Crippen molar-refractivity contribution in [1.29, 1.82) is 0 Å². The summed E-state index contributed by atoms with van der Waals surface area (Å²) in [5.74, 6) is 0.593. The number of hydrogen-bond donors (Lipinski definition) is 1. The minimum atomic E-state index is -4.33. The zero-order valence-corrected chi connectivity index (χ0v) is 12.5. The van der Waals surface area contributed by atoms with E-state index in [-0.39, 0.29) is 6.04 Å². The molecule has 2 aromatic heterocycles. The van der Waals surface area contributed by atoms with Crippen LogP contribution in [0.3, 0.4) is 0 Å². The van der Waals surface area contributed by atoms with Crippen LogP contribution in [0.4, 0.5) is 19.0 Å². The quantitative estimate of drug-likeness (QED) is 0.801. The first kappa shape index (κ1) is 15.3. The molecule has 0 saturated carbocycles. The number of halogens is 3. The van der Waals surface area contributed by atoms with Gasteiger partial charge in [0.15, 0.2) is 5.65 Å². The molecule has 3 aromatic rings. The Balaban J connectivity index is 1.84. The molecular weight excluding hydrogens is 307 g/mol. The van der Waals surface area contributed by atoms with E-state index in [1.807, 2.05) is 6.92 Å². The topological polar surface area (TPSA) is 55.6 Å². The second-order valence-corrected chi connectivity index (χ2v) is 5.25. The normalized spacial score (nSPS) is 13.3. The van der Waals surface area contributed by atoms with Crippen LogP contribution in [0.1, 0.15) is 24.1 Å². The highest BCUT2D eigenvalue weighted by Gasteiger charge is 2.30. The standard InChI is InChI=1S/C15H14F3N5/c1-9(10-3-5-11(6-4-10)15(16,17)18)21-13-12-7-23(2)22-14(12)20-8-19-13/h3-9H,1-2H3,(H,19,20,21,22)/t9-/m1/s1. The number of benzene rings is 1. The maximum Gasteiger partial charge on any atom is 0.416 e. The molecule has 2 heterocycles. The van der Waals surface area contributed by atoms with Crippen molar-refractivity contribution in [3.05, 3.63) is 47.9 Å². The molecule has 0 fully saturated rings. The van der Waals surface area contributed by atoms with Gasteiger partial charge in [0.1, 0.15) is 12.1 Å². The first-order valence-corrected chi connectivity index (χ1v) is 6.92. The summed E-state index contributed by atoms with van der Waals surface area (Å²) in [6.45, 7) is 1.85. The van der Waals surface area contributed by atoms with Gasteiger partial charge in [0.2, 0.25) is 0 Å². The van der Waals surface area contributed by atoms with Crippen molar-refractivity contribution in [2.75, 3.05) is 5.32 Å². The van der Waals surface area contributed by atoms with E-state index in [2.05, 4.69) is 20.4 Å². The molecule has 0 bridgehead atoms. The average molecular weight is 321 g/mol. The second kappa shape index (κ2) is 5.53. The molecule has 8 heteroatoms. The smallest absolute Gasteiger partial charge is 0.363 e. The van der Waals surface area contributed by atoms with Gasteiger partial charge in [0, 0.05) is 19.3 Å². The van der Waals surface area contributed by atoms with Gasteiger partial charge in [-0.1, -0.05) is 12.1 Å². The molecule has 0 amide bonds. The van der Waals surface area contributed by atoms with Crippen molar-refractivity contribution in [2.45, 2.75) is 19.1 Å². The summed E-state index contributed by atoms with van der Waals surface area (Å²) >= 11 is 0. The zero-order chi connectivity index (χ0) is 16.6. The number of anilines is 1. The maximum absolute atomic E-state index is 12.6. The van der Waals surface area contributed by atoms with Crippen molar-refractivity contribution in [3.8, 4) is 0 Å². The van der Waals surface area contributed by atoms with Crippen molar-refractivity contribution < 1.29 is 13.2 Å². The van der Waals surface area contributed by atoms with Gasteiger partial charge in [0.05, 0.1) is 10.9 Å². The van der Waals surface area contributed by atoms with E-state index in [9.17, 15) is 13.2 Å². The minimum absolute atomic E-state index is 0.212. The predicted molar refractivity (Wildman–Crippen MR) is 79.8 cm³/mol. The molecule has 0 aliphatic rings. The fourth-order valence-electron chi connectivity index (χ4n) is 2.31. The van der Waals surface area contributed by atoms with Gasteiger partial charge >= 0.3 is 6.18 Å². The summed E-state index contributed by atoms with van der Waals surface area (Å²) in [7, 11) is 1.78. The highest BCUT2D eigenvalue weighted by atomic mass is 19.4. The van der Waals surface area contributed by atoms with Crippen molar-refractivity contribution in [3.63, 3.8) is 0 Å². The van der Waals surface area contributed by atoms with E-state index in [1.54, 1.807) is 17.9 Å². The summed E-state index contributed by atoms with van der Waals surface area (Å²) in [5, 5.41) is 8.14. The zero-order valence-electron chi connectivity index (χ0n) is 12.5. The second-order valence-electron chi connectivity index (χ2n) is 5.25. The Morgan fingerprint density at radius 1 is 1.13 bits per heavy atom. The Morgan fingerprint density at radius 3 is 2.48 bits per heavy atom. The summed E-state index contributed by atoms with van der Waals surface area (Å²) in [4.78, 5) is 8.26. The molecule has 1 N–H and O–H groups in total. The highest BCUT2D eigenvalue weighted by molar-refractivity contribution is 5.85. The summed E-state index contributed by atoms with van der Waals surface area (Å²) in [6.07, 6.45) is -1.14. The predicted octanol–water partition coefficient (Wildman–Crippen LogP) is 3.56. The molecule has 1 atom stereocenters. The summed E-state index contributed by atoms with van der Waals surface area (Å²) in [5.41, 5.74) is 0.628. The molecule has 0 spiro atoms. The van der Waals surface area contributed by atoms with Crippen LogP contribution in [0.2, 0.25) is 0 Å². The lowest BCUT2D eigenvalue weighted by atomic mass is 10.1. The van der Waals surface area contributed by atoms with Crippen molar-refractivity contribution >= 4 is 16.9 Å². The Hall–Kier alpha value is -2.64. The van der Waals surface area contributed by atoms with Gasteiger partial charge in [-0.05, 0) is 24.6 Å². The van der Waals surface area contributed by atoms with E-state index in [0.717, 1.165) is 23.1 Å². The van der Waals surface area contributed by atoms with Gasteiger partial charge in [-0.3, -0.25) is 4.68 Å². The van der Waals surface area contributed by atoms with Crippen LogP contribution in [-0.4, -0.2) is 19.7 Å². The van der Waals surface area contributed by atoms with Crippen LogP contribution >= 0.6 is 0 Å². The summed E-state index contributed by atoms with van der Waals surface area (Å²) < 4.78 is 39.4. The molecule has 0 unspecified atom stereocenters. The molecule has 3 rings (SSSR count). The molecule has 1 aromatic carbocycles. The largest absolute Gasteiger partial charge is 0.416 e. The van der Waals surface area contributed by atoms with Gasteiger partial charge in [-0.15, -0.1) is 0 Å². The minimum Gasteiger partial charge on any atom is -0.363 e. The number of nitrogens with one attached hydrogen (secondary N) is 1. The third kappa shape index (κ3) is 3.10. The first-order valence-electron chi connectivity index (χ1n) is 6.92. The Kier molecular flexibility index (Phi) is 3.67. The third-order valence-electron chi connectivity index (χ3n) is 3.52. The van der Waals surface area contributed by atoms with Crippen LogP contribution in [0.5, 0.6) is 0 Å². The van der Waals surface area contributed by atoms with E-state index >= 15 is 0 Å². The van der Waals surface area contributed by atoms with Gasteiger partial charge in [-0.2, -0.15) is 18.3 Å². The molecule has 120 valence electrons. The number of nitrogens with zero attached hydrogens (tertiary/aromatic N) is 4. The Morgan fingerprint density at radius 2 is 1.83 bits per heavy atom. The summed E-state index contributed by atoms with van der Waals surface area (Å²) in [6, 6.07) is 4.86. The molecule has 23 heavy (non-hydrogen) atoms. The number of fused-ring (bicyclic) bond motifs is 1.